The number of ether oxygens (including phenoxy) is 1. The molecule has 0 radical (unpaired) electrons. The molecule has 1 aliphatic rings. The monoisotopic (exact) mass is 299 g/mol. The number of anilines is 1. The average molecular weight is 299 g/mol. The Bertz CT molecular complexity index is 537. The highest BCUT2D eigenvalue weighted by Crippen LogP contribution is 2.33. The molecule has 7 heteroatoms. The van der Waals surface area contributed by atoms with Crippen LogP contribution in [0.4, 0.5) is 18.9 Å². The molecule has 1 atom stereocenters. The molecule has 0 bridgehead atoms. The topological polar surface area (TPSA) is 48.3 Å². The third-order valence-electron chi connectivity index (χ3n) is 3.36. The van der Waals surface area contributed by atoms with E-state index >= 15 is 0 Å². The number of nitriles is 1. The summed E-state index contributed by atoms with van der Waals surface area (Å²) in [6, 6.07) is 5.13. The first-order valence-electron chi connectivity index (χ1n) is 6.58. The van der Waals surface area contributed by atoms with Gasteiger partial charge in [-0.1, -0.05) is 0 Å². The van der Waals surface area contributed by atoms with Crippen LogP contribution in [-0.4, -0.2) is 39.4 Å². The minimum Gasteiger partial charge on any atom is -0.373 e. The van der Waals surface area contributed by atoms with Gasteiger partial charge in [-0.05, 0) is 25.2 Å². The minimum absolute atomic E-state index is 0.0370. The van der Waals surface area contributed by atoms with Crippen molar-refractivity contribution in [1.82, 2.24) is 5.32 Å². The number of hydrogen-bond donors (Lipinski definition) is 1. The van der Waals surface area contributed by atoms with Gasteiger partial charge in [0, 0.05) is 19.6 Å². The van der Waals surface area contributed by atoms with Crippen LogP contribution in [0.1, 0.15) is 11.1 Å². The molecule has 1 aromatic rings. The maximum atomic E-state index is 12.7. The van der Waals surface area contributed by atoms with E-state index in [1.165, 1.54) is 6.07 Å². The Morgan fingerprint density at radius 2 is 2.24 bits per heavy atom. The predicted molar refractivity (Wildman–Crippen MR) is 72.0 cm³/mol. The van der Waals surface area contributed by atoms with Gasteiger partial charge in [0.05, 0.1) is 29.5 Å². The van der Waals surface area contributed by atoms with Crippen molar-refractivity contribution in [3.63, 3.8) is 0 Å². The van der Waals surface area contributed by atoms with E-state index in [-0.39, 0.29) is 11.7 Å². The maximum Gasteiger partial charge on any atom is 0.416 e. The van der Waals surface area contributed by atoms with Crippen LogP contribution in [0.3, 0.4) is 0 Å². The Labute approximate surface area is 121 Å². The number of nitrogens with zero attached hydrogens (tertiary/aromatic N) is 2. The first-order valence-corrected chi connectivity index (χ1v) is 6.58. The molecule has 0 amide bonds. The molecule has 1 saturated heterocycles. The van der Waals surface area contributed by atoms with Gasteiger partial charge in [-0.2, -0.15) is 18.4 Å². The van der Waals surface area contributed by atoms with Crippen LogP contribution >= 0.6 is 0 Å². The number of nitrogens with one attached hydrogen (secondary N) is 1. The van der Waals surface area contributed by atoms with Crippen LogP contribution in [0.5, 0.6) is 0 Å². The van der Waals surface area contributed by atoms with E-state index in [4.69, 9.17) is 10.00 Å². The molecular formula is C14H16F3N3O. The Hall–Kier alpha value is -1.78. The average Bonchev–Trinajstić information content (AvgIpc) is 2.46. The summed E-state index contributed by atoms with van der Waals surface area (Å²) in [6.45, 7) is 2.23. The molecule has 0 aromatic heterocycles. The molecule has 0 saturated carbocycles. The second-order valence-electron chi connectivity index (χ2n) is 4.84. The van der Waals surface area contributed by atoms with Crippen molar-refractivity contribution in [1.29, 1.82) is 5.26 Å². The SMILES string of the molecule is CNCC1CN(c2ccc(C(F)(F)F)cc2C#N)CCO1. The first-order chi connectivity index (χ1) is 9.95. The standard InChI is InChI=1S/C14H16F3N3O/c1-19-8-12-9-20(4-5-21-12)13-3-2-11(14(15,16)17)6-10(13)7-18/h2-3,6,12,19H,4-5,8-9H2,1H3. The van der Waals surface area contributed by atoms with E-state index < -0.39 is 11.7 Å². The van der Waals surface area contributed by atoms with Gasteiger partial charge in [0.15, 0.2) is 0 Å². The summed E-state index contributed by atoms with van der Waals surface area (Å²) >= 11 is 0. The third-order valence-corrected chi connectivity index (χ3v) is 3.36. The van der Waals surface area contributed by atoms with Gasteiger partial charge >= 0.3 is 6.18 Å². The second-order valence-corrected chi connectivity index (χ2v) is 4.84. The summed E-state index contributed by atoms with van der Waals surface area (Å²) in [5.74, 6) is 0. The van der Waals surface area contributed by atoms with Crippen molar-refractivity contribution in [2.75, 3.05) is 38.2 Å². The molecule has 0 aliphatic carbocycles. The van der Waals surface area contributed by atoms with Gasteiger partial charge in [0.2, 0.25) is 0 Å². The molecule has 1 N–H and O–H groups in total. The van der Waals surface area contributed by atoms with Crippen molar-refractivity contribution in [3.05, 3.63) is 29.3 Å². The van der Waals surface area contributed by atoms with E-state index in [1.807, 2.05) is 11.0 Å². The fourth-order valence-corrected chi connectivity index (χ4v) is 2.37. The van der Waals surface area contributed by atoms with Gasteiger partial charge in [-0.15, -0.1) is 0 Å². The molecule has 114 valence electrons. The summed E-state index contributed by atoms with van der Waals surface area (Å²) < 4.78 is 43.6. The number of alkyl halides is 3. The second kappa shape index (κ2) is 6.33. The van der Waals surface area contributed by atoms with Crippen molar-refractivity contribution in [2.24, 2.45) is 0 Å². The number of morpholine rings is 1. The Kier molecular flexibility index (Phi) is 4.70. The molecule has 1 aliphatic heterocycles. The molecule has 0 spiro atoms. The molecule has 2 rings (SSSR count). The van der Waals surface area contributed by atoms with Crippen LogP contribution in [0.15, 0.2) is 18.2 Å². The van der Waals surface area contributed by atoms with Crippen molar-refractivity contribution in [3.8, 4) is 6.07 Å². The number of halogens is 3. The quantitative estimate of drug-likeness (QED) is 0.927. The lowest BCUT2D eigenvalue weighted by molar-refractivity contribution is -0.137. The van der Waals surface area contributed by atoms with Gasteiger partial charge < -0.3 is 15.0 Å². The number of benzene rings is 1. The van der Waals surface area contributed by atoms with Gasteiger partial charge in [0.25, 0.3) is 0 Å². The highest BCUT2D eigenvalue weighted by atomic mass is 19.4. The normalized spacial score (nSPS) is 19.4. The summed E-state index contributed by atoms with van der Waals surface area (Å²) in [6.07, 6.45) is -4.48. The Morgan fingerprint density at radius 3 is 2.86 bits per heavy atom. The summed E-state index contributed by atoms with van der Waals surface area (Å²) in [7, 11) is 1.81. The largest absolute Gasteiger partial charge is 0.416 e. The summed E-state index contributed by atoms with van der Waals surface area (Å²) in [5, 5.41) is 12.1. The smallest absolute Gasteiger partial charge is 0.373 e. The highest BCUT2D eigenvalue weighted by molar-refractivity contribution is 5.61. The summed E-state index contributed by atoms with van der Waals surface area (Å²) in [5.41, 5.74) is -0.243. The van der Waals surface area contributed by atoms with Crippen LogP contribution in [0, 0.1) is 11.3 Å². The molecular weight excluding hydrogens is 283 g/mol. The van der Waals surface area contributed by atoms with Gasteiger partial charge in [-0.3, -0.25) is 0 Å². The zero-order valence-corrected chi connectivity index (χ0v) is 11.6. The zero-order valence-electron chi connectivity index (χ0n) is 11.6. The third kappa shape index (κ3) is 3.65. The number of likely N-dealkylation sites (N-methyl/N-ethyl adjacent to an activating group) is 1. The van der Waals surface area contributed by atoms with Crippen LogP contribution in [0.2, 0.25) is 0 Å². The Morgan fingerprint density at radius 1 is 1.48 bits per heavy atom. The van der Waals surface area contributed by atoms with Crippen molar-refractivity contribution >= 4 is 5.69 Å². The van der Waals surface area contributed by atoms with Crippen molar-refractivity contribution < 1.29 is 17.9 Å². The lowest BCUT2D eigenvalue weighted by atomic mass is 10.1. The number of hydrogen-bond acceptors (Lipinski definition) is 4. The lowest BCUT2D eigenvalue weighted by Gasteiger charge is -2.35. The van der Waals surface area contributed by atoms with Crippen LogP contribution in [0.25, 0.3) is 0 Å². The van der Waals surface area contributed by atoms with Crippen molar-refractivity contribution in [2.45, 2.75) is 12.3 Å². The van der Waals surface area contributed by atoms with E-state index in [2.05, 4.69) is 5.32 Å². The van der Waals surface area contributed by atoms with E-state index in [0.717, 1.165) is 12.1 Å². The fraction of sp³-hybridized carbons (Fsp3) is 0.500. The molecule has 4 nitrogen and oxygen atoms in total. The highest BCUT2D eigenvalue weighted by Gasteiger charge is 2.32. The summed E-state index contributed by atoms with van der Waals surface area (Å²) in [4.78, 5) is 1.89. The predicted octanol–water partition coefficient (Wildman–Crippen LogP) is 2.00. The van der Waals surface area contributed by atoms with Gasteiger partial charge in [-0.25, -0.2) is 0 Å². The fourth-order valence-electron chi connectivity index (χ4n) is 2.37. The molecule has 1 aromatic carbocycles. The van der Waals surface area contributed by atoms with Crippen LogP contribution in [-0.2, 0) is 10.9 Å². The van der Waals surface area contributed by atoms with E-state index in [0.29, 0.717) is 31.9 Å². The first kappa shape index (κ1) is 15.6. The maximum absolute atomic E-state index is 12.7. The minimum atomic E-state index is -4.44. The molecule has 21 heavy (non-hydrogen) atoms. The van der Waals surface area contributed by atoms with Gasteiger partial charge in [0.1, 0.15) is 6.07 Å². The molecule has 1 fully saturated rings. The number of rotatable bonds is 3. The van der Waals surface area contributed by atoms with E-state index in [1.54, 1.807) is 7.05 Å². The van der Waals surface area contributed by atoms with E-state index in [9.17, 15) is 13.2 Å². The zero-order chi connectivity index (χ0) is 15.5. The van der Waals surface area contributed by atoms with Crippen LogP contribution < -0.4 is 10.2 Å². The Balaban J connectivity index is 2.25. The molecule has 1 unspecified atom stereocenters. The molecule has 1 heterocycles. The lowest BCUT2D eigenvalue weighted by Crippen LogP contribution is -2.46.